The summed E-state index contributed by atoms with van der Waals surface area (Å²) in [5, 5.41) is 2.87. The quantitative estimate of drug-likeness (QED) is 0.334. The van der Waals surface area contributed by atoms with E-state index < -0.39 is 0 Å². The van der Waals surface area contributed by atoms with E-state index in [0.29, 0.717) is 0 Å². The highest BCUT2D eigenvalue weighted by Gasteiger charge is 2.23. The molecule has 1 fully saturated rings. The number of fused-ring (bicyclic) bond motifs is 1. The zero-order valence-electron chi connectivity index (χ0n) is 19.4. The number of unbranched alkanes of at least 4 members (excludes halogenated alkanes) is 5. The SMILES string of the molecule is CCCCCCCCc1ccc2cc([C@H]3CC[C@H](CC(C)CC)CC3)ccc2c1. The van der Waals surface area contributed by atoms with Gasteiger partial charge in [-0.05, 0) is 84.6 Å². The molecule has 1 aliphatic carbocycles. The molecule has 0 aliphatic heterocycles. The van der Waals surface area contributed by atoms with Gasteiger partial charge in [0.2, 0.25) is 0 Å². The Morgan fingerprint density at radius 1 is 0.793 bits per heavy atom. The lowest BCUT2D eigenvalue weighted by Gasteiger charge is -2.30. The van der Waals surface area contributed by atoms with Crippen LogP contribution in [-0.4, -0.2) is 0 Å². The van der Waals surface area contributed by atoms with Gasteiger partial charge in [0.05, 0.1) is 0 Å². The first-order valence-corrected chi connectivity index (χ1v) is 12.7. The summed E-state index contributed by atoms with van der Waals surface area (Å²) in [4.78, 5) is 0. The van der Waals surface area contributed by atoms with Crippen molar-refractivity contribution in [1.82, 2.24) is 0 Å². The minimum absolute atomic E-state index is 0.787. The predicted molar refractivity (Wildman–Crippen MR) is 130 cm³/mol. The van der Waals surface area contributed by atoms with Gasteiger partial charge in [-0.3, -0.25) is 0 Å². The van der Waals surface area contributed by atoms with Gasteiger partial charge in [0.25, 0.3) is 0 Å². The fourth-order valence-electron chi connectivity index (χ4n) is 5.30. The van der Waals surface area contributed by atoms with Crippen molar-refractivity contribution >= 4 is 10.8 Å². The second-order valence-corrected chi connectivity index (χ2v) is 9.93. The Bertz CT molecular complexity index is 720. The lowest BCUT2D eigenvalue weighted by Crippen LogP contribution is -2.15. The number of hydrogen-bond donors (Lipinski definition) is 0. The zero-order valence-corrected chi connectivity index (χ0v) is 19.4. The van der Waals surface area contributed by atoms with E-state index in [2.05, 4.69) is 57.2 Å². The van der Waals surface area contributed by atoms with Crippen molar-refractivity contribution in [2.75, 3.05) is 0 Å². The van der Waals surface area contributed by atoms with Crippen LogP contribution >= 0.6 is 0 Å². The molecule has 0 heterocycles. The van der Waals surface area contributed by atoms with Crippen LogP contribution in [0.3, 0.4) is 0 Å². The van der Waals surface area contributed by atoms with Crippen LogP contribution in [0.25, 0.3) is 10.8 Å². The van der Waals surface area contributed by atoms with Gasteiger partial charge in [-0.1, -0.05) is 95.7 Å². The second-order valence-electron chi connectivity index (χ2n) is 9.93. The minimum atomic E-state index is 0.787. The Morgan fingerprint density at radius 3 is 2.24 bits per heavy atom. The van der Waals surface area contributed by atoms with Crippen molar-refractivity contribution in [2.45, 2.75) is 110 Å². The smallest absolute Gasteiger partial charge is 0.0162 e. The van der Waals surface area contributed by atoms with E-state index in [-0.39, 0.29) is 0 Å². The second kappa shape index (κ2) is 11.8. The topological polar surface area (TPSA) is 0 Å². The van der Waals surface area contributed by atoms with Crippen LogP contribution < -0.4 is 0 Å². The van der Waals surface area contributed by atoms with Gasteiger partial charge in [0, 0.05) is 0 Å². The van der Waals surface area contributed by atoms with Gasteiger partial charge in [-0.2, -0.15) is 0 Å². The van der Waals surface area contributed by atoms with E-state index in [4.69, 9.17) is 0 Å². The molecule has 160 valence electrons. The fourth-order valence-corrected chi connectivity index (χ4v) is 5.30. The third kappa shape index (κ3) is 6.87. The number of rotatable bonds is 11. The molecule has 0 N–H and O–H groups in total. The monoisotopic (exact) mass is 392 g/mol. The number of aryl methyl sites for hydroxylation is 1. The van der Waals surface area contributed by atoms with Crippen LogP contribution in [0, 0.1) is 11.8 Å². The van der Waals surface area contributed by atoms with Crippen molar-refractivity contribution in [1.29, 1.82) is 0 Å². The molecule has 0 amide bonds. The maximum Gasteiger partial charge on any atom is -0.0162 e. The van der Waals surface area contributed by atoms with E-state index in [1.54, 1.807) is 5.56 Å². The van der Waals surface area contributed by atoms with Crippen molar-refractivity contribution in [3.63, 3.8) is 0 Å². The summed E-state index contributed by atoms with van der Waals surface area (Å²) in [6.07, 6.45) is 18.0. The Balaban J connectivity index is 1.52. The Morgan fingerprint density at radius 2 is 1.48 bits per heavy atom. The summed E-state index contributed by atoms with van der Waals surface area (Å²) in [6.45, 7) is 7.06. The van der Waals surface area contributed by atoms with Crippen LogP contribution in [0.2, 0.25) is 0 Å². The van der Waals surface area contributed by atoms with Crippen LogP contribution in [0.1, 0.15) is 115 Å². The Hall–Kier alpha value is -1.30. The molecule has 0 heteroatoms. The first-order chi connectivity index (χ1) is 14.2. The van der Waals surface area contributed by atoms with Crippen LogP contribution in [0.5, 0.6) is 0 Å². The van der Waals surface area contributed by atoms with E-state index >= 15 is 0 Å². The molecular formula is C29H44. The molecule has 0 spiro atoms. The molecule has 1 atom stereocenters. The lowest BCUT2D eigenvalue weighted by atomic mass is 9.75. The highest BCUT2D eigenvalue weighted by Crippen LogP contribution is 2.39. The summed E-state index contributed by atoms with van der Waals surface area (Å²) in [5.41, 5.74) is 3.11. The standard InChI is InChI=1S/C29H44/c1-4-6-7-8-9-10-11-24-14-17-29-22-28(19-18-27(29)21-24)26-15-12-25(13-16-26)20-23(3)5-2/h14,17-19,21-23,25-26H,4-13,15-16,20H2,1-3H3/t23?,25-,26-. The lowest BCUT2D eigenvalue weighted by molar-refractivity contribution is 0.273. The van der Waals surface area contributed by atoms with Gasteiger partial charge in [0.15, 0.2) is 0 Å². The van der Waals surface area contributed by atoms with Gasteiger partial charge in [0.1, 0.15) is 0 Å². The van der Waals surface area contributed by atoms with Crippen LogP contribution in [0.4, 0.5) is 0 Å². The molecular weight excluding hydrogens is 348 g/mol. The van der Waals surface area contributed by atoms with E-state index in [0.717, 1.165) is 17.8 Å². The Labute approximate surface area is 180 Å². The fraction of sp³-hybridized carbons (Fsp3) is 0.655. The molecule has 0 nitrogen and oxygen atoms in total. The van der Waals surface area contributed by atoms with Crippen LogP contribution in [-0.2, 0) is 6.42 Å². The number of hydrogen-bond acceptors (Lipinski definition) is 0. The summed E-state index contributed by atoms with van der Waals surface area (Å²) in [5.74, 6) is 2.67. The van der Waals surface area contributed by atoms with Crippen molar-refractivity contribution in [3.05, 3.63) is 47.5 Å². The summed E-state index contributed by atoms with van der Waals surface area (Å²) < 4.78 is 0. The third-order valence-electron chi connectivity index (χ3n) is 7.50. The van der Waals surface area contributed by atoms with E-state index in [9.17, 15) is 0 Å². The molecule has 0 aromatic heterocycles. The van der Waals surface area contributed by atoms with Gasteiger partial charge >= 0.3 is 0 Å². The van der Waals surface area contributed by atoms with E-state index in [1.165, 1.54) is 99.8 Å². The van der Waals surface area contributed by atoms with Gasteiger partial charge in [-0.15, -0.1) is 0 Å². The summed E-state index contributed by atoms with van der Waals surface area (Å²) >= 11 is 0. The molecule has 1 unspecified atom stereocenters. The molecule has 1 aliphatic rings. The van der Waals surface area contributed by atoms with Crippen LogP contribution in [0.15, 0.2) is 36.4 Å². The van der Waals surface area contributed by atoms with Crippen molar-refractivity contribution in [2.24, 2.45) is 11.8 Å². The molecule has 1 saturated carbocycles. The average molecular weight is 393 g/mol. The molecule has 29 heavy (non-hydrogen) atoms. The van der Waals surface area contributed by atoms with Gasteiger partial charge in [-0.25, -0.2) is 0 Å². The summed E-state index contributed by atoms with van der Waals surface area (Å²) in [6, 6.07) is 14.5. The van der Waals surface area contributed by atoms with Crippen molar-refractivity contribution < 1.29 is 0 Å². The zero-order chi connectivity index (χ0) is 20.5. The largest absolute Gasteiger partial charge is 0.0654 e. The predicted octanol–water partition coefficient (Wildman–Crippen LogP) is 9.45. The van der Waals surface area contributed by atoms with E-state index in [1.807, 2.05) is 0 Å². The molecule has 2 aromatic rings. The normalized spacial score (nSPS) is 20.8. The highest BCUT2D eigenvalue weighted by molar-refractivity contribution is 5.84. The molecule has 2 aromatic carbocycles. The maximum absolute atomic E-state index is 2.49. The molecule has 0 radical (unpaired) electrons. The molecule has 0 bridgehead atoms. The third-order valence-corrected chi connectivity index (χ3v) is 7.50. The summed E-state index contributed by atoms with van der Waals surface area (Å²) in [7, 11) is 0. The average Bonchev–Trinajstić information content (AvgIpc) is 2.76. The molecule has 3 rings (SSSR count). The Kier molecular flexibility index (Phi) is 9.09. The highest BCUT2D eigenvalue weighted by atomic mass is 14.3. The molecule has 0 saturated heterocycles. The number of benzene rings is 2. The maximum atomic E-state index is 2.49. The first-order valence-electron chi connectivity index (χ1n) is 12.7. The van der Waals surface area contributed by atoms with Gasteiger partial charge < -0.3 is 0 Å². The first kappa shape index (κ1) is 22.4. The van der Waals surface area contributed by atoms with Crippen molar-refractivity contribution in [3.8, 4) is 0 Å². The minimum Gasteiger partial charge on any atom is -0.0654 e.